The van der Waals surface area contributed by atoms with E-state index in [4.69, 9.17) is 19.9 Å². The molecule has 0 saturated carbocycles. The fourth-order valence-electron chi connectivity index (χ4n) is 3.19. The van der Waals surface area contributed by atoms with E-state index in [-0.39, 0.29) is 0 Å². The summed E-state index contributed by atoms with van der Waals surface area (Å²) < 4.78 is 16.5. The first-order chi connectivity index (χ1) is 10.3. The topological polar surface area (TPSA) is 57.0 Å². The van der Waals surface area contributed by atoms with Crippen molar-refractivity contribution in [2.75, 3.05) is 45.8 Å². The Morgan fingerprint density at radius 1 is 1.29 bits per heavy atom. The molecule has 0 spiro atoms. The number of rotatable bonds is 4. The van der Waals surface area contributed by atoms with Gasteiger partial charge in [-0.2, -0.15) is 0 Å². The minimum Gasteiger partial charge on any atom is -0.486 e. The number of hydrogen-bond acceptors (Lipinski definition) is 5. The Labute approximate surface area is 126 Å². The quantitative estimate of drug-likeness (QED) is 0.859. The van der Waals surface area contributed by atoms with E-state index >= 15 is 0 Å². The third kappa shape index (κ3) is 3.41. The first kappa shape index (κ1) is 14.5. The van der Waals surface area contributed by atoms with E-state index in [1.165, 1.54) is 12.8 Å². The molecule has 0 aliphatic carbocycles. The lowest BCUT2D eigenvalue weighted by Crippen LogP contribution is -2.36. The Morgan fingerprint density at radius 3 is 2.81 bits per heavy atom. The molecule has 1 unspecified atom stereocenters. The van der Waals surface area contributed by atoms with Crippen molar-refractivity contribution in [3.63, 3.8) is 0 Å². The van der Waals surface area contributed by atoms with Crippen molar-refractivity contribution < 1.29 is 14.2 Å². The molecule has 2 heterocycles. The minimum absolute atomic E-state index is 0.594. The van der Waals surface area contributed by atoms with Gasteiger partial charge in [0.15, 0.2) is 11.5 Å². The van der Waals surface area contributed by atoms with E-state index in [0.29, 0.717) is 19.1 Å². The van der Waals surface area contributed by atoms with Crippen LogP contribution in [-0.2, 0) is 11.3 Å². The largest absolute Gasteiger partial charge is 0.486 e. The standard InChI is InChI=1S/C16H24N2O3/c1-19-11-12-3-2-4-18(9-12)10-13-7-15-16(8-14(13)17)21-6-5-20-15/h7-8,12H,2-6,9-11,17H2,1H3. The molecule has 1 aromatic carbocycles. The average molecular weight is 292 g/mol. The lowest BCUT2D eigenvalue weighted by Gasteiger charge is -2.33. The molecule has 1 fully saturated rings. The van der Waals surface area contributed by atoms with Crippen molar-refractivity contribution in [1.29, 1.82) is 0 Å². The zero-order valence-electron chi connectivity index (χ0n) is 12.6. The van der Waals surface area contributed by atoms with Crippen LogP contribution in [0.5, 0.6) is 11.5 Å². The van der Waals surface area contributed by atoms with Gasteiger partial charge in [-0.15, -0.1) is 0 Å². The van der Waals surface area contributed by atoms with Gasteiger partial charge in [-0.3, -0.25) is 4.90 Å². The Bertz CT molecular complexity index is 491. The smallest absolute Gasteiger partial charge is 0.163 e. The van der Waals surface area contributed by atoms with Crippen LogP contribution < -0.4 is 15.2 Å². The summed E-state index contributed by atoms with van der Waals surface area (Å²) >= 11 is 0. The molecule has 5 nitrogen and oxygen atoms in total. The number of nitrogens with two attached hydrogens (primary N) is 1. The SMILES string of the molecule is COCC1CCCN(Cc2cc3c(cc2N)OCCO3)C1. The van der Waals surface area contributed by atoms with Crippen LogP contribution in [0.1, 0.15) is 18.4 Å². The maximum absolute atomic E-state index is 6.17. The Kier molecular flexibility index (Phi) is 4.51. The highest BCUT2D eigenvalue weighted by Crippen LogP contribution is 2.35. The molecule has 116 valence electrons. The second kappa shape index (κ2) is 6.54. The molecule has 5 heteroatoms. The van der Waals surface area contributed by atoms with Crippen molar-refractivity contribution in [1.82, 2.24) is 4.90 Å². The van der Waals surface area contributed by atoms with Crippen molar-refractivity contribution in [3.8, 4) is 11.5 Å². The van der Waals surface area contributed by atoms with Gasteiger partial charge in [-0.05, 0) is 36.9 Å². The Hall–Kier alpha value is -1.46. The summed E-state index contributed by atoms with van der Waals surface area (Å²) in [6, 6.07) is 3.92. The highest BCUT2D eigenvalue weighted by molar-refractivity contribution is 5.58. The van der Waals surface area contributed by atoms with Crippen LogP contribution in [0.4, 0.5) is 5.69 Å². The zero-order valence-corrected chi connectivity index (χ0v) is 12.6. The van der Waals surface area contributed by atoms with Crippen molar-refractivity contribution in [3.05, 3.63) is 17.7 Å². The zero-order chi connectivity index (χ0) is 14.7. The normalized spacial score (nSPS) is 22.2. The predicted octanol–water partition coefficient (Wildman–Crippen LogP) is 1.90. The van der Waals surface area contributed by atoms with E-state index in [0.717, 1.165) is 49.0 Å². The summed E-state index contributed by atoms with van der Waals surface area (Å²) in [6.07, 6.45) is 2.47. The number of hydrogen-bond donors (Lipinski definition) is 1. The number of fused-ring (bicyclic) bond motifs is 1. The van der Waals surface area contributed by atoms with Gasteiger partial charge in [-0.1, -0.05) is 0 Å². The van der Waals surface area contributed by atoms with E-state index in [1.807, 2.05) is 12.1 Å². The second-order valence-electron chi connectivity index (χ2n) is 5.89. The van der Waals surface area contributed by atoms with Crippen LogP contribution >= 0.6 is 0 Å². The molecule has 2 aliphatic rings. The average Bonchev–Trinajstić information content (AvgIpc) is 2.49. The molecule has 1 aromatic rings. The fraction of sp³-hybridized carbons (Fsp3) is 0.625. The maximum Gasteiger partial charge on any atom is 0.163 e. The molecule has 0 radical (unpaired) electrons. The van der Waals surface area contributed by atoms with E-state index < -0.39 is 0 Å². The van der Waals surface area contributed by atoms with Crippen molar-refractivity contribution >= 4 is 5.69 Å². The fourth-order valence-corrected chi connectivity index (χ4v) is 3.19. The Balaban J connectivity index is 1.69. The monoisotopic (exact) mass is 292 g/mol. The highest BCUT2D eigenvalue weighted by atomic mass is 16.6. The summed E-state index contributed by atoms with van der Waals surface area (Å²) in [5, 5.41) is 0. The molecule has 2 aliphatic heterocycles. The molecule has 1 saturated heterocycles. The summed E-state index contributed by atoms with van der Waals surface area (Å²) in [4.78, 5) is 2.45. The predicted molar refractivity (Wildman–Crippen MR) is 81.7 cm³/mol. The van der Waals surface area contributed by atoms with Crippen LogP contribution in [0.3, 0.4) is 0 Å². The number of ether oxygens (including phenoxy) is 3. The molecule has 0 amide bonds. The third-order valence-corrected chi connectivity index (χ3v) is 4.20. The van der Waals surface area contributed by atoms with Gasteiger partial charge in [0.1, 0.15) is 13.2 Å². The van der Waals surface area contributed by atoms with Crippen molar-refractivity contribution in [2.45, 2.75) is 19.4 Å². The molecule has 2 N–H and O–H groups in total. The van der Waals surface area contributed by atoms with Gasteiger partial charge in [0.05, 0.1) is 6.61 Å². The lowest BCUT2D eigenvalue weighted by atomic mass is 9.98. The number of nitrogens with zero attached hydrogens (tertiary/aromatic N) is 1. The minimum atomic E-state index is 0.594. The van der Waals surface area contributed by atoms with Gasteiger partial charge in [0.25, 0.3) is 0 Å². The van der Waals surface area contributed by atoms with Gasteiger partial charge in [0, 0.05) is 32.0 Å². The number of nitrogen functional groups attached to an aromatic ring is 1. The first-order valence-electron chi connectivity index (χ1n) is 7.65. The molecule has 1 atom stereocenters. The van der Waals surface area contributed by atoms with Crippen molar-refractivity contribution in [2.24, 2.45) is 5.92 Å². The maximum atomic E-state index is 6.17. The molecular weight excluding hydrogens is 268 g/mol. The summed E-state index contributed by atoms with van der Waals surface area (Å²) in [5.41, 5.74) is 8.08. The van der Waals surface area contributed by atoms with Gasteiger partial charge >= 0.3 is 0 Å². The van der Waals surface area contributed by atoms with Gasteiger partial charge in [-0.25, -0.2) is 0 Å². The van der Waals surface area contributed by atoms with Gasteiger partial charge in [0.2, 0.25) is 0 Å². The number of methoxy groups -OCH3 is 1. The highest BCUT2D eigenvalue weighted by Gasteiger charge is 2.21. The number of likely N-dealkylation sites (tertiary alicyclic amines) is 1. The molecule has 3 rings (SSSR count). The summed E-state index contributed by atoms with van der Waals surface area (Å²) in [7, 11) is 1.78. The van der Waals surface area contributed by atoms with Crippen LogP contribution in [0.2, 0.25) is 0 Å². The number of anilines is 1. The molecular formula is C16H24N2O3. The summed E-state index contributed by atoms with van der Waals surface area (Å²) in [6.45, 7) is 5.10. The van der Waals surface area contributed by atoms with E-state index in [2.05, 4.69) is 4.90 Å². The van der Waals surface area contributed by atoms with Crippen LogP contribution in [0, 0.1) is 5.92 Å². The first-order valence-corrected chi connectivity index (χ1v) is 7.65. The lowest BCUT2D eigenvalue weighted by molar-refractivity contribution is 0.0873. The number of piperidine rings is 1. The molecule has 0 aromatic heterocycles. The third-order valence-electron chi connectivity index (χ3n) is 4.20. The second-order valence-corrected chi connectivity index (χ2v) is 5.89. The molecule has 21 heavy (non-hydrogen) atoms. The van der Waals surface area contributed by atoms with Crippen LogP contribution in [0.15, 0.2) is 12.1 Å². The number of benzene rings is 1. The molecule has 0 bridgehead atoms. The summed E-state index contributed by atoms with van der Waals surface area (Å²) in [5.74, 6) is 2.21. The van der Waals surface area contributed by atoms with E-state index in [1.54, 1.807) is 7.11 Å². The van der Waals surface area contributed by atoms with Gasteiger partial charge < -0.3 is 19.9 Å². The van der Waals surface area contributed by atoms with Crippen LogP contribution in [0.25, 0.3) is 0 Å². The van der Waals surface area contributed by atoms with E-state index in [9.17, 15) is 0 Å². The Morgan fingerprint density at radius 2 is 2.05 bits per heavy atom. The van der Waals surface area contributed by atoms with Crippen LogP contribution in [-0.4, -0.2) is 44.9 Å².